The van der Waals surface area contributed by atoms with Crippen molar-refractivity contribution in [2.75, 3.05) is 26.2 Å². The summed E-state index contributed by atoms with van der Waals surface area (Å²) in [4.78, 5) is 2.18. The zero-order valence-electron chi connectivity index (χ0n) is 10.8. The Bertz CT molecular complexity index is 372. The van der Waals surface area contributed by atoms with Gasteiger partial charge >= 0.3 is 7.12 Å². The SMILES string of the molecule is CCN(CC)CCOc1ccc(F)cc1B(O)O. The molecule has 100 valence electrons. The summed E-state index contributed by atoms with van der Waals surface area (Å²) in [5, 5.41) is 18.3. The summed E-state index contributed by atoms with van der Waals surface area (Å²) < 4.78 is 18.4. The zero-order valence-corrected chi connectivity index (χ0v) is 10.8. The Labute approximate surface area is 107 Å². The van der Waals surface area contributed by atoms with E-state index in [2.05, 4.69) is 18.7 Å². The molecular formula is C12H19BFNO3. The van der Waals surface area contributed by atoms with E-state index >= 15 is 0 Å². The van der Waals surface area contributed by atoms with E-state index in [0.717, 1.165) is 25.7 Å². The lowest BCUT2D eigenvalue weighted by Crippen LogP contribution is -2.33. The van der Waals surface area contributed by atoms with Gasteiger partial charge < -0.3 is 19.7 Å². The monoisotopic (exact) mass is 255 g/mol. The molecule has 0 atom stereocenters. The molecule has 1 rings (SSSR count). The van der Waals surface area contributed by atoms with E-state index in [0.29, 0.717) is 12.4 Å². The zero-order chi connectivity index (χ0) is 13.5. The van der Waals surface area contributed by atoms with Crippen LogP contribution >= 0.6 is 0 Å². The molecule has 4 nitrogen and oxygen atoms in total. The molecule has 0 aliphatic carbocycles. The van der Waals surface area contributed by atoms with Crippen LogP contribution in [-0.4, -0.2) is 48.3 Å². The third-order valence-electron chi connectivity index (χ3n) is 2.81. The van der Waals surface area contributed by atoms with Crippen LogP contribution in [0.15, 0.2) is 18.2 Å². The summed E-state index contributed by atoms with van der Waals surface area (Å²) in [6.45, 7) is 7.14. The summed E-state index contributed by atoms with van der Waals surface area (Å²) in [6, 6.07) is 3.71. The van der Waals surface area contributed by atoms with Gasteiger partial charge in [-0.3, -0.25) is 0 Å². The third-order valence-corrected chi connectivity index (χ3v) is 2.81. The van der Waals surface area contributed by atoms with E-state index in [9.17, 15) is 4.39 Å². The number of benzene rings is 1. The molecule has 0 fully saturated rings. The Hall–Kier alpha value is -1.11. The molecule has 0 amide bonds. The average Bonchev–Trinajstić information content (AvgIpc) is 2.36. The Kier molecular flexibility index (Phi) is 6.11. The van der Waals surface area contributed by atoms with Crippen molar-refractivity contribution in [3.63, 3.8) is 0 Å². The maximum absolute atomic E-state index is 13.0. The number of halogens is 1. The smallest absolute Gasteiger partial charge is 0.492 e. The number of rotatable bonds is 7. The fourth-order valence-corrected chi connectivity index (χ4v) is 1.68. The number of hydrogen-bond acceptors (Lipinski definition) is 4. The Morgan fingerprint density at radius 3 is 2.50 bits per heavy atom. The highest BCUT2D eigenvalue weighted by Gasteiger charge is 2.18. The van der Waals surface area contributed by atoms with E-state index < -0.39 is 12.9 Å². The summed E-state index contributed by atoms with van der Waals surface area (Å²) in [5.74, 6) is -0.215. The molecule has 0 aliphatic heterocycles. The predicted octanol–water partition coefficient (Wildman–Crippen LogP) is 0.226. The van der Waals surface area contributed by atoms with E-state index in [1.807, 2.05) is 0 Å². The predicted molar refractivity (Wildman–Crippen MR) is 69.5 cm³/mol. The highest BCUT2D eigenvalue weighted by atomic mass is 19.1. The number of hydrogen-bond donors (Lipinski definition) is 2. The first kappa shape index (κ1) is 15.0. The summed E-state index contributed by atoms with van der Waals surface area (Å²) in [7, 11) is -1.73. The van der Waals surface area contributed by atoms with Crippen LogP contribution in [0.1, 0.15) is 13.8 Å². The summed E-state index contributed by atoms with van der Waals surface area (Å²) in [5.41, 5.74) is 0.0505. The second kappa shape index (κ2) is 7.36. The van der Waals surface area contributed by atoms with E-state index in [1.54, 1.807) is 0 Å². The van der Waals surface area contributed by atoms with Crippen molar-refractivity contribution >= 4 is 12.6 Å². The molecule has 0 unspecified atom stereocenters. The van der Waals surface area contributed by atoms with Crippen molar-refractivity contribution in [1.82, 2.24) is 4.90 Å². The van der Waals surface area contributed by atoms with Gasteiger partial charge in [-0.05, 0) is 31.3 Å². The molecular weight excluding hydrogens is 236 g/mol. The molecule has 1 aromatic rings. The van der Waals surface area contributed by atoms with Gasteiger partial charge in [0.1, 0.15) is 18.2 Å². The maximum atomic E-state index is 13.0. The average molecular weight is 255 g/mol. The molecule has 6 heteroatoms. The summed E-state index contributed by atoms with van der Waals surface area (Å²) >= 11 is 0. The van der Waals surface area contributed by atoms with Gasteiger partial charge in [0.25, 0.3) is 0 Å². The van der Waals surface area contributed by atoms with Gasteiger partial charge in [-0.1, -0.05) is 13.8 Å². The molecule has 1 aromatic carbocycles. The van der Waals surface area contributed by atoms with E-state index in [-0.39, 0.29) is 5.46 Å². The van der Waals surface area contributed by atoms with Gasteiger partial charge in [0, 0.05) is 12.0 Å². The molecule has 0 radical (unpaired) electrons. The second-order valence-corrected chi connectivity index (χ2v) is 3.93. The molecule has 0 spiro atoms. The van der Waals surface area contributed by atoms with Gasteiger partial charge in [-0.15, -0.1) is 0 Å². The lowest BCUT2D eigenvalue weighted by atomic mass is 9.79. The summed E-state index contributed by atoms with van der Waals surface area (Å²) in [6.07, 6.45) is 0. The third kappa shape index (κ3) is 4.29. The number of likely N-dealkylation sites (N-methyl/N-ethyl adjacent to an activating group) is 1. The van der Waals surface area contributed by atoms with Crippen LogP contribution in [0.4, 0.5) is 4.39 Å². The Balaban J connectivity index is 2.61. The minimum atomic E-state index is -1.73. The van der Waals surface area contributed by atoms with Crippen molar-refractivity contribution in [2.24, 2.45) is 0 Å². The van der Waals surface area contributed by atoms with Gasteiger partial charge in [0.2, 0.25) is 0 Å². The highest BCUT2D eigenvalue weighted by molar-refractivity contribution is 6.59. The fraction of sp³-hybridized carbons (Fsp3) is 0.500. The molecule has 0 saturated heterocycles. The van der Waals surface area contributed by atoms with E-state index in [4.69, 9.17) is 14.8 Å². The Morgan fingerprint density at radius 1 is 1.28 bits per heavy atom. The molecule has 0 heterocycles. The van der Waals surface area contributed by atoms with Crippen molar-refractivity contribution in [1.29, 1.82) is 0 Å². The molecule has 0 saturated carbocycles. The first-order valence-electron chi connectivity index (χ1n) is 6.09. The maximum Gasteiger partial charge on any atom is 0.492 e. The largest absolute Gasteiger partial charge is 0.493 e. The Morgan fingerprint density at radius 2 is 1.94 bits per heavy atom. The van der Waals surface area contributed by atoms with Crippen molar-refractivity contribution in [2.45, 2.75) is 13.8 Å². The lowest BCUT2D eigenvalue weighted by Gasteiger charge is -2.18. The minimum Gasteiger partial charge on any atom is -0.493 e. The highest BCUT2D eigenvalue weighted by Crippen LogP contribution is 2.09. The minimum absolute atomic E-state index is 0.0505. The lowest BCUT2D eigenvalue weighted by molar-refractivity contribution is 0.223. The molecule has 18 heavy (non-hydrogen) atoms. The van der Waals surface area contributed by atoms with Crippen molar-refractivity contribution < 1.29 is 19.2 Å². The van der Waals surface area contributed by atoms with Crippen LogP contribution in [0.5, 0.6) is 5.75 Å². The topological polar surface area (TPSA) is 52.9 Å². The molecule has 0 aliphatic rings. The van der Waals surface area contributed by atoms with Gasteiger partial charge in [-0.2, -0.15) is 0 Å². The first-order valence-corrected chi connectivity index (χ1v) is 6.09. The molecule has 2 N–H and O–H groups in total. The number of ether oxygens (including phenoxy) is 1. The van der Waals surface area contributed by atoms with Gasteiger partial charge in [-0.25, -0.2) is 4.39 Å². The van der Waals surface area contributed by atoms with Crippen molar-refractivity contribution in [3.05, 3.63) is 24.0 Å². The van der Waals surface area contributed by atoms with Crippen LogP contribution < -0.4 is 10.2 Å². The normalized spacial score (nSPS) is 10.8. The molecule has 0 aromatic heterocycles. The second-order valence-electron chi connectivity index (χ2n) is 3.93. The van der Waals surface area contributed by atoms with Crippen LogP contribution in [0.3, 0.4) is 0 Å². The van der Waals surface area contributed by atoms with Gasteiger partial charge in [0.15, 0.2) is 0 Å². The standard InChI is InChI=1S/C12H19BFNO3/c1-3-15(4-2)7-8-18-12-6-5-10(14)9-11(12)13(16)17/h5-6,9,16-17H,3-4,7-8H2,1-2H3. The van der Waals surface area contributed by atoms with Crippen LogP contribution in [0.25, 0.3) is 0 Å². The number of nitrogens with zero attached hydrogens (tertiary/aromatic N) is 1. The van der Waals surface area contributed by atoms with E-state index in [1.165, 1.54) is 12.1 Å². The van der Waals surface area contributed by atoms with Crippen LogP contribution in [0, 0.1) is 5.82 Å². The fourth-order valence-electron chi connectivity index (χ4n) is 1.68. The quantitative estimate of drug-likeness (QED) is 0.685. The van der Waals surface area contributed by atoms with Crippen LogP contribution in [0.2, 0.25) is 0 Å². The van der Waals surface area contributed by atoms with Crippen LogP contribution in [-0.2, 0) is 0 Å². The molecule has 0 bridgehead atoms. The van der Waals surface area contributed by atoms with Gasteiger partial charge in [0.05, 0.1) is 0 Å². The van der Waals surface area contributed by atoms with Crippen molar-refractivity contribution in [3.8, 4) is 5.75 Å². The first-order chi connectivity index (χ1) is 8.58.